The normalized spacial score (nSPS) is 18.9. The van der Waals surface area contributed by atoms with Crippen molar-refractivity contribution in [3.63, 3.8) is 0 Å². The second kappa shape index (κ2) is 6.65. The summed E-state index contributed by atoms with van der Waals surface area (Å²) < 4.78 is 14.8. The van der Waals surface area contributed by atoms with Crippen LogP contribution in [0.2, 0.25) is 0 Å². The molecular formula is C14H18BrFN2O2. The van der Waals surface area contributed by atoms with E-state index in [4.69, 9.17) is 5.11 Å². The Balaban J connectivity index is 2.24. The molecule has 0 bridgehead atoms. The number of halogens is 2. The molecule has 1 N–H and O–H groups in total. The minimum atomic E-state index is -0.906. The second-order valence-electron chi connectivity index (χ2n) is 5.12. The van der Waals surface area contributed by atoms with Gasteiger partial charge in [0.25, 0.3) is 0 Å². The fourth-order valence-corrected chi connectivity index (χ4v) is 2.84. The number of carboxylic acid groups (broad SMARTS) is 1. The van der Waals surface area contributed by atoms with Crippen LogP contribution in [0.3, 0.4) is 0 Å². The molecule has 1 unspecified atom stereocenters. The van der Waals surface area contributed by atoms with Crippen molar-refractivity contribution in [2.24, 2.45) is 0 Å². The molecule has 1 atom stereocenters. The Kier molecular flexibility index (Phi) is 5.12. The number of carbonyl (C=O) groups is 1. The molecule has 1 aromatic carbocycles. The lowest BCUT2D eigenvalue weighted by atomic mass is 10.0. The third-order valence-corrected chi connectivity index (χ3v) is 4.16. The fourth-order valence-electron chi connectivity index (χ4n) is 2.51. The number of carboxylic acids is 1. The van der Waals surface area contributed by atoms with E-state index in [9.17, 15) is 9.18 Å². The zero-order valence-electron chi connectivity index (χ0n) is 11.4. The standard InChI is InChI=1S/C14H18BrFN2O2/c1-17-4-6-18(7-5-17)13(9-14(19)20)11-3-2-10(15)8-12(11)16/h2-3,8,13H,4-7,9H2,1H3,(H,19,20). The van der Waals surface area contributed by atoms with Gasteiger partial charge in [-0.3, -0.25) is 9.69 Å². The summed E-state index contributed by atoms with van der Waals surface area (Å²) in [5, 5.41) is 9.10. The molecule has 0 aliphatic carbocycles. The summed E-state index contributed by atoms with van der Waals surface area (Å²) in [6, 6.07) is 4.41. The van der Waals surface area contributed by atoms with Gasteiger partial charge in [-0.15, -0.1) is 0 Å². The Morgan fingerprint density at radius 2 is 2.05 bits per heavy atom. The van der Waals surface area contributed by atoms with E-state index in [2.05, 4.69) is 25.7 Å². The van der Waals surface area contributed by atoms with Crippen LogP contribution in [0.15, 0.2) is 22.7 Å². The van der Waals surface area contributed by atoms with Crippen LogP contribution >= 0.6 is 15.9 Å². The fraction of sp³-hybridized carbons (Fsp3) is 0.500. The molecule has 1 aliphatic heterocycles. The number of aliphatic carboxylic acids is 1. The van der Waals surface area contributed by atoms with Crippen LogP contribution in [0.25, 0.3) is 0 Å². The van der Waals surface area contributed by atoms with Gasteiger partial charge in [-0.2, -0.15) is 0 Å². The first-order chi connectivity index (χ1) is 9.47. The number of nitrogens with zero attached hydrogens (tertiary/aromatic N) is 2. The van der Waals surface area contributed by atoms with E-state index in [1.807, 2.05) is 7.05 Å². The van der Waals surface area contributed by atoms with Gasteiger partial charge < -0.3 is 10.0 Å². The lowest BCUT2D eigenvalue weighted by molar-refractivity contribution is -0.138. The van der Waals surface area contributed by atoms with E-state index < -0.39 is 12.0 Å². The largest absolute Gasteiger partial charge is 0.481 e. The first-order valence-electron chi connectivity index (χ1n) is 6.56. The highest BCUT2D eigenvalue weighted by molar-refractivity contribution is 9.10. The first-order valence-corrected chi connectivity index (χ1v) is 7.36. The highest BCUT2D eigenvalue weighted by atomic mass is 79.9. The number of hydrogen-bond donors (Lipinski definition) is 1. The lowest BCUT2D eigenvalue weighted by Gasteiger charge is -2.37. The smallest absolute Gasteiger partial charge is 0.305 e. The minimum absolute atomic E-state index is 0.0811. The van der Waals surface area contributed by atoms with Crippen LogP contribution in [-0.4, -0.2) is 54.1 Å². The van der Waals surface area contributed by atoms with Crippen molar-refractivity contribution >= 4 is 21.9 Å². The second-order valence-corrected chi connectivity index (χ2v) is 6.03. The molecule has 6 heteroatoms. The summed E-state index contributed by atoms with van der Waals surface area (Å²) in [6.45, 7) is 3.25. The van der Waals surface area contributed by atoms with E-state index >= 15 is 0 Å². The van der Waals surface area contributed by atoms with Crippen molar-refractivity contribution in [1.29, 1.82) is 0 Å². The molecule has 20 heavy (non-hydrogen) atoms. The number of piperazine rings is 1. The van der Waals surface area contributed by atoms with Gasteiger partial charge in [-0.25, -0.2) is 4.39 Å². The number of benzene rings is 1. The Morgan fingerprint density at radius 1 is 1.40 bits per heavy atom. The molecule has 2 rings (SSSR count). The van der Waals surface area contributed by atoms with Crippen LogP contribution < -0.4 is 0 Å². The van der Waals surface area contributed by atoms with E-state index in [0.717, 1.165) is 26.2 Å². The molecule has 0 radical (unpaired) electrons. The van der Waals surface area contributed by atoms with E-state index in [1.165, 1.54) is 6.07 Å². The molecule has 1 aliphatic rings. The minimum Gasteiger partial charge on any atom is -0.481 e. The number of hydrogen-bond acceptors (Lipinski definition) is 3. The van der Waals surface area contributed by atoms with Gasteiger partial charge in [0.2, 0.25) is 0 Å². The lowest BCUT2D eigenvalue weighted by Crippen LogP contribution is -2.46. The van der Waals surface area contributed by atoms with E-state index in [0.29, 0.717) is 10.0 Å². The third-order valence-electron chi connectivity index (χ3n) is 3.67. The van der Waals surface area contributed by atoms with Crippen LogP contribution in [0.5, 0.6) is 0 Å². The summed E-state index contributed by atoms with van der Waals surface area (Å²) in [5.74, 6) is -1.26. The zero-order valence-corrected chi connectivity index (χ0v) is 12.9. The van der Waals surface area contributed by atoms with Gasteiger partial charge in [0.15, 0.2) is 0 Å². The Bertz CT molecular complexity index is 490. The zero-order chi connectivity index (χ0) is 14.7. The van der Waals surface area contributed by atoms with Crippen LogP contribution in [0, 0.1) is 5.82 Å². The van der Waals surface area contributed by atoms with Crippen molar-refractivity contribution in [3.05, 3.63) is 34.1 Å². The third kappa shape index (κ3) is 3.77. The summed E-state index contributed by atoms with van der Waals surface area (Å²) in [4.78, 5) is 15.3. The van der Waals surface area contributed by atoms with E-state index in [-0.39, 0.29) is 12.2 Å². The maximum Gasteiger partial charge on any atom is 0.305 e. The average molecular weight is 345 g/mol. The summed E-state index contributed by atoms with van der Waals surface area (Å²) in [5.41, 5.74) is 0.458. The topological polar surface area (TPSA) is 43.8 Å². The molecule has 1 fully saturated rings. The van der Waals surface area contributed by atoms with E-state index in [1.54, 1.807) is 12.1 Å². The number of likely N-dealkylation sites (N-methyl/N-ethyl adjacent to an activating group) is 1. The molecule has 0 spiro atoms. The average Bonchev–Trinajstić information content (AvgIpc) is 2.37. The van der Waals surface area contributed by atoms with Gasteiger partial charge in [0.05, 0.1) is 6.42 Å². The van der Waals surface area contributed by atoms with Crippen molar-refractivity contribution < 1.29 is 14.3 Å². The molecule has 0 saturated carbocycles. The number of rotatable bonds is 4. The Labute approximate surface area is 126 Å². The van der Waals surface area contributed by atoms with Crippen LogP contribution in [0.4, 0.5) is 4.39 Å². The molecule has 0 aromatic heterocycles. The predicted octanol–water partition coefficient (Wildman–Crippen LogP) is 2.35. The van der Waals surface area contributed by atoms with Gasteiger partial charge in [0, 0.05) is 42.3 Å². The van der Waals surface area contributed by atoms with Crippen LogP contribution in [0.1, 0.15) is 18.0 Å². The van der Waals surface area contributed by atoms with Crippen molar-refractivity contribution in [2.45, 2.75) is 12.5 Å². The Morgan fingerprint density at radius 3 is 2.60 bits per heavy atom. The maximum atomic E-state index is 14.1. The van der Waals surface area contributed by atoms with Gasteiger partial charge >= 0.3 is 5.97 Å². The SMILES string of the molecule is CN1CCN(C(CC(=O)O)c2ccc(Br)cc2F)CC1. The molecule has 1 saturated heterocycles. The highest BCUT2D eigenvalue weighted by Crippen LogP contribution is 2.29. The van der Waals surface area contributed by atoms with Gasteiger partial charge in [-0.05, 0) is 19.2 Å². The van der Waals surface area contributed by atoms with Gasteiger partial charge in [0.1, 0.15) is 5.82 Å². The van der Waals surface area contributed by atoms with Gasteiger partial charge in [-0.1, -0.05) is 22.0 Å². The molecule has 1 aromatic rings. The van der Waals surface area contributed by atoms with Crippen molar-refractivity contribution in [2.75, 3.05) is 33.2 Å². The molecule has 0 amide bonds. The summed E-state index contributed by atoms with van der Waals surface area (Å²) in [6.07, 6.45) is -0.0811. The monoisotopic (exact) mass is 344 g/mol. The van der Waals surface area contributed by atoms with Crippen LogP contribution in [-0.2, 0) is 4.79 Å². The Hall–Kier alpha value is -0.980. The van der Waals surface area contributed by atoms with Crippen molar-refractivity contribution in [1.82, 2.24) is 9.80 Å². The molecule has 4 nitrogen and oxygen atoms in total. The van der Waals surface area contributed by atoms with Crippen molar-refractivity contribution in [3.8, 4) is 0 Å². The first kappa shape index (κ1) is 15.4. The summed E-state index contributed by atoms with van der Waals surface area (Å²) >= 11 is 3.22. The molecule has 1 heterocycles. The summed E-state index contributed by atoms with van der Waals surface area (Å²) in [7, 11) is 2.03. The molecular weight excluding hydrogens is 327 g/mol. The molecule has 110 valence electrons. The predicted molar refractivity (Wildman–Crippen MR) is 78.2 cm³/mol. The highest BCUT2D eigenvalue weighted by Gasteiger charge is 2.27. The quantitative estimate of drug-likeness (QED) is 0.910. The maximum absolute atomic E-state index is 14.1.